The standard InChI is InChI=1S/C22H32N6O5/c1-14-11-26(21(32)33-22(3,4)5)12-15(2)28(14)13-19(30)24-17-10-16(6-8-23-17)27-9-7-18(29)25-20(27)31/h6,8,10,14-15H,7,9,11-13H2,1-5H3,(H,23,24,30)(H,25,29,31)/t14-,15+. The van der Waals surface area contributed by atoms with Crippen molar-refractivity contribution in [3.05, 3.63) is 18.3 Å². The number of pyridine rings is 1. The minimum Gasteiger partial charge on any atom is -0.444 e. The fourth-order valence-electron chi connectivity index (χ4n) is 3.96. The van der Waals surface area contributed by atoms with Crippen molar-refractivity contribution >= 4 is 35.4 Å². The third-order valence-corrected chi connectivity index (χ3v) is 5.46. The Kier molecular flexibility index (Phi) is 7.21. The number of urea groups is 1. The Bertz CT molecular complexity index is 918. The lowest BCUT2D eigenvalue weighted by Crippen LogP contribution is -2.59. The van der Waals surface area contributed by atoms with Crippen LogP contribution in [0.3, 0.4) is 0 Å². The number of hydrogen-bond donors (Lipinski definition) is 2. The maximum atomic E-state index is 12.7. The molecule has 0 saturated carbocycles. The van der Waals surface area contributed by atoms with Gasteiger partial charge in [0.1, 0.15) is 11.4 Å². The summed E-state index contributed by atoms with van der Waals surface area (Å²) in [5.41, 5.74) is -0.0232. The summed E-state index contributed by atoms with van der Waals surface area (Å²) in [5, 5.41) is 5.05. The van der Waals surface area contributed by atoms with Gasteiger partial charge in [0.2, 0.25) is 11.8 Å². The molecule has 0 bridgehead atoms. The Morgan fingerprint density at radius 2 is 1.88 bits per heavy atom. The number of carbonyl (C=O) groups excluding carboxylic acids is 4. The van der Waals surface area contributed by atoms with E-state index < -0.39 is 11.6 Å². The summed E-state index contributed by atoms with van der Waals surface area (Å²) >= 11 is 0. The second-order valence-corrected chi connectivity index (χ2v) is 9.46. The first kappa shape index (κ1) is 24.4. The summed E-state index contributed by atoms with van der Waals surface area (Å²) in [7, 11) is 0. The lowest BCUT2D eigenvalue weighted by atomic mass is 10.1. The van der Waals surface area contributed by atoms with Crippen molar-refractivity contribution in [2.75, 3.05) is 36.4 Å². The van der Waals surface area contributed by atoms with Gasteiger partial charge in [0, 0.05) is 50.4 Å². The number of hydrogen-bond acceptors (Lipinski definition) is 7. The lowest BCUT2D eigenvalue weighted by molar-refractivity contribution is -0.120. The van der Waals surface area contributed by atoms with E-state index in [4.69, 9.17) is 4.74 Å². The summed E-state index contributed by atoms with van der Waals surface area (Å²) in [4.78, 5) is 57.9. The molecule has 11 nitrogen and oxygen atoms in total. The second-order valence-electron chi connectivity index (χ2n) is 9.46. The summed E-state index contributed by atoms with van der Waals surface area (Å²) in [6.45, 7) is 10.8. The Labute approximate surface area is 193 Å². The zero-order valence-corrected chi connectivity index (χ0v) is 19.8. The van der Waals surface area contributed by atoms with Crippen LogP contribution in [0.4, 0.5) is 21.1 Å². The van der Waals surface area contributed by atoms with Crippen LogP contribution >= 0.6 is 0 Å². The largest absolute Gasteiger partial charge is 0.444 e. The van der Waals surface area contributed by atoms with Gasteiger partial charge in [-0.15, -0.1) is 0 Å². The quantitative estimate of drug-likeness (QED) is 0.702. The molecule has 1 aromatic heterocycles. The highest BCUT2D eigenvalue weighted by Gasteiger charge is 2.35. The molecule has 0 aromatic carbocycles. The van der Waals surface area contributed by atoms with Crippen LogP contribution in [0.1, 0.15) is 41.0 Å². The lowest BCUT2D eigenvalue weighted by Gasteiger charge is -2.44. The fourth-order valence-corrected chi connectivity index (χ4v) is 3.96. The zero-order chi connectivity index (χ0) is 24.3. The van der Waals surface area contributed by atoms with E-state index in [0.717, 1.165) is 0 Å². The topological polar surface area (TPSA) is 124 Å². The predicted molar refractivity (Wildman–Crippen MR) is 122 cm³/mol. The van der Waals surface area contributed by atoms with Gasteiger partial charge in [-0.2, -0.15) is 0 Å². The van der Waals surface area contributed by atoms with Gasteiger partial charge in [0.15, 0.2) is 0 Å². The molecule has 3 heterocycles. The molecular weight excluding hydrogens is 428 g/mol. The highest BCUT2D eigenvalue weighted by Crippen LogP contribution is 2.21. The molecule has 3 rings (SSSR count). The van der Waals surface area contributed by atoms with Crippen LogP contribution in [0.15, 0.2) is 18.3 Å². The smallest absolute Gasteiger partial charge is 0.410 e. The summed E-state index contributed by atoms with van der Waals surface area (Å²) < 4.78 is 5.47. The third kappa shape index (κ3) is 6.41. The average Bonchev–Trinajstić information content (AvgIpc) is 2.69. The molecule has 2 aliphatic rings. The highest BCUT2D eigenvalue weighted by molar-refractivity contribution is 6.05. The van der Waals surface area contributed by atoms with Gasteiger partial charge in [-0.05, 0) is 40.7 Å². The Morgan fingerprint density at radius 1 is 1.21 bits per heavy atom. The van der Waals surface area contributed by atoms with Gasteiger partial charge in [-0.1, -0.05) is 0 Å². The molecule has 11 heteroatoms. The normalized spacial score (nSPS) is 22.1. The molecule has 0 aliphatic carbocycles. The van der Waals surface area contributed by atoms with Crippen molar-refractivity contribution in [3.8, 4) is 0 Å². The van der Waals surface area contributed by atoms with Gasteiger partial charge >= 0.3 is 12.1 Å². The molecule has 180 valence electrons. The molecule has 1 aromatic rings. The molecule has 2 fully saturated rings. The maximum Gasteiger partial charge on any atom is 0.410 e. The van der Waals surface area contributed by atoms with Gasteiger partial charge in [0.05, 0.1) is 12.2 Å². The number of piperazine rings is 1. The van der Waals surface area contributed by atoms with Crippen molar-refractivity contribution in [3.63, 3.8) is 0 Å². The van der Waals surface area contributed by atoms with Crippen LogP contribution in [-0.4, -0.2) is 82.6 Å². The van der Waals surface area contributed by atoms with E-state index in [1.807, 2.05) is 39.5 Å². The number of nitrogens with one attached hydrogen (secondary N) is 2. The number of anilines is 2. The molecule has 0 radical (unpaired) electrons. The van der Waals surface area contributed by atoms with E-state index in [0.29, 0.717) is 24.6 Å². The molecule has 5 amide bonds. The van der Waals surface area contributed by atoms with Crippen molar-refractivity contribution in [2.24, 2.45) is 0 Å². The Hall–Kier alpha value is -3.21. The fraction of sp³-hybridized carbons (Fsp3) is 0.591. The van der Waals surface area contributed by atoms with E-state index in [1.54, 1.807) is 17.0 Å². The first-order valence-electron chi connectivity index (χ1n) is 11.0. The van der Waals surface area contributed by atoms with Gasteiger partial charge in [-0.3, -0.25) is 24.7 Å². The zero-order valence-electron chi connectivity index (χ0n) is 19.8. The van der Waals surface area contributed by atoms with Crippen LogP contribution in [0.5, 0.6) is 0 Å². The van der Waals surface area contributed by atoms with Crippen LogP contribution in [-0.2, 0) is 14.3 Å². The summed E-state index contributed by atoms with van der Waals surface area (Å²) in [6, 6.07) is 2.66. The summed E-state index contributed by atoms with van der Waals surface area (Å²) in [5.74, 6) is -0.244. The number of rotatable bonds is 4. The minimum absolute atomic E-state index is 0.0408. The van der Waals surface area contributed by atoms with E-state index in [2.05, 4.69) is 15.6 Å². The van der Waals surface area contributed by atoms with Crippen molar-refractivity contribution in [1.82, 2.24) is 20.1 Å². The molecule has 2 atom stereocenters. The van der Waals surface area contributed by atoms with Crippen molar-refractivity contribution in [1.29, 1.82) is 0 Å². The first-order chi connectivity index (χ1) is 15.4. The first-order valence-corrected chi connectivity index (χ1v) is 11.0. The highest BCUT2D eigenvalue weighted by atomic mass is 16.6. The average molecular weight is 461 g/mol. The number of ether oxygens (including phenoxy) is 1. The van der Waals surface area contributed by atoms with Crippen LogP contribution in [0.25, 0.3) is 0 Å². The molecular formula is C22H32N6O5. The molecule has 2 N–H and O–H groups in total. The number of amides is 5. The summed E-state index contributed by atoms with van der Waals surface area (Å²) in [6.07, 6.45) is 1.36. The van der Waals surface area contributed by atoms with E-state index >= 15 is 0 Å². The minimum atomic E-state index is -0.563. The van der Waals surface area contributed by atoms with Crippen LogP contribution in [0.2, 0.25) is 0 Å². The predicted octanol–water partition coefficient (Wildman–Crippen LogP) is 1.80. The molecule has 2 aliphatic heterocycles. The second kappa shape index (κ2) is 9.74. The molecule has 33 heavy (non-hydrogen) atoms. The molecule has 0 spiro atoms. The van der Waals surface area contributed by atoms with Crippen molar-refractivity contribution in [2.45, 2.75) is 58.7 Å². The third-order valence-electron chi connectivity index (χ3n) is 5.46. The van der Waals surface area contributed by atoms with Crippen LogP contribution < -0.4 is 15.5 Å². The number of imide groups is 1. The number of aromatic nitrogens is 1. The number of nitrogens with zero attached hydrogens (tertiary/aromatic N) is 4. The van der Waals surface area contributed by atoms with Gasteiger partial charge in [0.25, 0.3) is 0 Å². The Morgan fingerprint density at radius 3 is 2.48 bits per heavy atom. The van der Waals surface area contributed by atoms with Gasteiger partial charge in [-0.25, -0.2) is 14.6 Å². The van der Waals surface area contributed by atoms with Crippen LogP contribution in [0, 0.1) is 0 Å². The van der Waals surface area contributed by atoms with Gasteiger partial charge < -0.3 is 15.0 Å². The monoisotopic (exact) mass is 460 g/mol. The van der Waals surface area contributed by atoms with E-state index in [9.17, 15) is 19.2 Å². The maximum absolute atomic E-state index is 12.7. The molecule has 0 unspecified atom stereocenters. The van der Waals surface area contributed by atoms with Crippen molar-refractivity contribution < 1.29 is 23.9 Å². The van der Waals surface area contributed by atoms with E-state index in [1.165, 1.54) is 11.1 Å². The number of carbonyl (C=O) groups is 4. The van der Waals surface area contributed by atoms with E-state index in [-0.39, 0.29) is 49.5 Å². The Balaban J connectivity index is 1.58. The molecule has 2 saturated heterocycles. The SMILES string of the molecule is C[C@@H]1CN(C(=O)OC(C)(C)C)C[C@H](C)N1CC(=O)Nc1cc(N2CCC(=O)NC2=O)ccn1.